The molecule has 0 unspecified atom stereocenters. The average Bonchev–Trinajstić information content (AvgIpc) is 2.81. The van der Waals surface area contributed by atoms with Crippen LogP contribution in [0.5, 0.6) is 0 Å². The van der Waals surface area contributed by atoms with Gasteiger partial charge in [-0.1, -0.05) is 17.7 Å². The van der Waals surface area contributed by atoms with E-state index in [4.69, 9.17) is 17.3 Å². The molecule has 2 N–H and O–H groups in total. The Bertz CT molecular complexity index is 482. The molecule has 4 heteroatoms. The number of benzene rings is 1. The molecule has 0 aliphatic carbocycles. The molecule has 17 heavy (non-hydrogen) atoms. The fourth-order valence-electron chi connectivity index (χ4n) is 1.85. The van der Waals surface area contributed by atoms with Crippen molar-refractivity contribution in [3.63, 3.8) is 0 Å². The van der Waals surface area contributed by atoms with Crippen LogP contribution in [-0.4, -0.2) is 7.05 Å². The number of rotatable bonds is 4. The highest BCUT2D eigenvalue weighted by Crippen LogP contribution is 2.27. The number of hydrogen-bond donors (Lipinski definition) is 1. The third-order valence-electron chi connectivity index (χ3n) is 2.71. The zero-order valence-electron chi connectivity index (χ0n) is 9.69. The minimum absolute atomic E-state index is 0.461. The van der Waals surface area contributed by atoms with Crippen molar-refractivity contribution in [3.8, 4) is 0 Å². The Labute approximate surface area is 111 Å². The number of thiophene rings is 1. The van der Waals surface area contributed by atoms with Crippen molar-refractivity contribution in [2.75, 3.05) is 11.9 Å². The third-order valence-corrected chi connectivity index (χ3v) is 3.80. The van der Waals surface area contributed by atoms with Gasteiger partial charge in [-0.2, -0.15) is 11.3 Å². The highest BCUT2D eigenvalue weighted by Gasteiger charge is 2.09. The predicted molar refractivity (Wildman–Crippen MR) is 75.8 cm³/mol. The topological polar surface area (TPSA) is 29.3 Å². The second-order valence-electron chi connectivity index (χ2n) is 3.93. The van der Waals surface area contributed by atoms with E-state index < -0.39 is 0 Å². The summed E-state index contributed by atoms with van der Waals surface area (Å²) < 4.78 is 0. The van der Waals surface area contributed by atoms with Crippen LogP contribution in [0, 0.1) is 0 Å². The molecule has 0 spiro atoms. The van der Waals surface area contributed by atoms with Crippen LogP contribution in [0.2, 0.25) is 5.02 Å². The van der Waals surface area contributed by atoms with Crippen LogP contribution in [0.4, 0.5) is 5.69 Å². The zero-order chi connectivity index (χ0) is 12.3. The van der Waals surface area contributed by atoms with Crippen molar-refractivity contribution in [2.24, 2.45) is 5.73 Å². The molecule has 1 aromatic heterocycles. The maximum Gasteiger partial charge on any atom is 0.0471 e. The van der Waals surface area contributed by atoms with Gasteiger partial charge >= 0.3 is 0 Å². The number of nitrogens with two attached hydrogens (primary N) is 1. The summed E-state index contributed by atoms with van der Waals surface area (Å²) in [5.74, 6) is 0. The van der Waals surface area contributed by atoms with Crippen molar-refractivity contribution in [1.29, 1.82) is 0 Å². The molecule has 1 heterocycles. The van der Waals surface area contributed by atoms with Gasteiger partial charge in [-0.15, -0.1) is 0 Å². The van der Waals surface area contributed by atoms with Crippen LogP contribution < -0.4 is 10.6 Å². The van der Waals surface area contributed by atoms with Gasteiger partial charge in [0.1, 0.15) is 0 Å². The van der Waals surface area contributed by atoms with E-state index in [1.807, 2.05) is 12.1 Å². The molecule has 0 atom stereocenters. The second kappa shape index (κ2) is 5.54. The van der Waals surface area contributed by atoms with Crippen LogP contribution in [0.15, 0.2) is 35.0 Å². The maximum atomic E-state index is 6.15. The Morgan fingerprint density at radius 2 is 2.18 bits per heavy atom. The molecule has 0 bridgehead atoms. The van der Waals surface area contributed by atoms with Crippen molar-refractivity contribution >= 4 is 28.6 Å². The maximum absolute atomic E-state index is 6.15. The summed E-state index contributed by atoms with van der Waals surface area (Å²) in [6.07, 6.45) is 0. The van der Waals surface area contributed by atoms with E-state index in [1.165, 1.54) is 5.56 Å². The van der Waals surface area contributed by atoms with Gasteiger partial charge in [-0.05, 0) is 34.5 Å². The van der Waals surface area contributed by atoms with Gasteiger partial charge in [-0.25, -0.2) is 0 Å². The molecular weight excluding hydrogens is 252 g/mol. The number of halogens is 1. The van der Waals surface area contributed by atoms with E-state index in [2.05, 4.69) is 34.8 Å². The van der Waals surface area contributed by atoms with Crippen LogP contribution in [0.3, 0.4) is 0 Å². The number of anilines is 1. The lowest BCUT2D eigenvalue weighted by Gasteiger charge is -2.22. The SMILES string of the molecule is CN(Cc1ccsc1)c1cccc(Cl)c1CN. The van der Waals surface area contributed by atoms with Crippen molar-refractivity contribution in [3.05, 3.63) is 51.2 Å². The first-order valence-corrected chi connectivity index (χ1v) is 6.74. The van der Waals surface area contributed by atoms with Crippen molar-refractivity contribution in [2.45, 2.75) is 13.1 Å². The largest absolute Gasteiger partial charge is 0.370 e. The zero-order valence-corrected chi connectivity index (χ0v) is 11.3. The summed E-state index contributed by atoms with van der Waals surface area (Å²) in [6.45, 7) is 1.33. The highest BCUT2D eigenvalue weighted by atomic mass is 35.5. The average molecular weight is 267 g/mol. The van der Waals surface area contributed by atoms with E-state index in [0.29, 0.717) is 6.54 Å². The van der Waals surface area contributed by atoms with Gasteiger partial charge in [0, 0.05) is 36.4 Å². The monoisotopic (exact) mass is 266 g/mol. The first kappa shape index (κ1) is 12.4. The first-order valence-electron chi connectivity index (χ1n) is 5.42. The highest BCUT2D eigenvalue weighted by molar-refractivity contribution is 7.07. The van der Waals surface area contributed by atoms with Crippen LogP contribution in [0.25, 0.3) is 0 Å². The minimum Gasteiger partial charge on any atom is -0.370 e. The lowest BCUT2D eigenvalue weighted by Crippen LogP contribution is -2.18. The summed E-state index contributed by atoms with van der Waals surface area (Å²) in [5, 5.41) is 4.98. The Hall–Kier alpha value is -1.03. The van der Waals surface area contributed by atoms with E-state index in [1.54, 1.807) is 11.3 Å². The Kier molecular flexibility index (Phi) is 4.05. The number of nitrogens with zero attached hydrogens (tertiary/aromatic N) is 1. The molecule has 0 amide bonds. The molecule has 0 fully saturated rings. The Morgan fingerprint density at radius 1 is 1.35 bits per heavy atom. The van der Waals surface area contributed by atoms with Gasteiger partial charge in [-0.3, -0.25) is 0 Å². The molecule has 1 aromatic carbocycles. The quantitative estimate of drug-likeness (QED) is 0.918. The second-order valence-corrected chi connectivity index (χ2v) is 5.12. The third kappa shape index (κ3) is 2.80. The van der Waals surface area contributed by atoms with E-state index in [9.17, 15) is 0 Å². The van der Waals surface area contributed by atoms with Gasteiger partial charge in [0.2, 0.25) is 0 Å². The summed E-state index contributed by atoms with van der Waals surface area (Å²) in [4.78, 5) is 2.18. The van der Waals surface area contributed by atoms with Gasteiger partial charge in [0.25, 0.3) is 0 Å². The summed E-state index contributed by atoms with van der Waals surface area (Å²) >= 11 is 7.86. The standard InChI is InChI=1S/C13H15ClN2S/c1-16(8-10-5-6-17-9-10)13-4-2-3-12(14)11(13)7-15/h2-6,9H,7-8,15H2,1H3. The molecule has 0 saturated carbocycles. The molecule has 90 valence electrons. The lowest BCUT2D eigenvalue weighted by molar-refractivity contribution is 0.908. The summed E-state index contributed by atoms with van der Waals surface area (Å²) in [7, 11) is 2.06. The normalized spacial score (nSPS) is 10.5. The van der Waals surface area contributed by atoms with Crippen molar-refractivity contribution < 1.29 is 0 Å². The van der Waals surface area contributed by atoms with Gasteiger partial charge < -0.3 is 10.6 Å². The molecule has 0 radical (unpaired) electrons. The van der Waals surface area contributed by atoms with E-state index >= 15 is 0 Å². The van der Waals surface area contributed by atoms with Gasteiger partial charge in [0.15, 0.2) is 0 Å². The predicted octanol–water partition coefficient (Wildman–Crippen LogP) is 3.50. The fraction of sp³-hybridized carbons (Fsp3) is 0.231. The molecular formula is C13H15ClN2S. The molecule has 0 saturated heterocycles. The number of hydrogen-bond acceptors (Lipinski definition) is 3. The molecule has 2 rings (SSSR count). The van der Waals surface area contributed by atoms with E-state index in [-0.39, 0.29) is 0 Å². The van der Waals surface area contributed by atoms with E-state index in [0.717, 1.165) is 22.8 Å². The van der Waals surface area contributed by atoms with Gasteiger partial charge in [0.05, 0.1) is 0 Å². The molecule has 0 aliphatic rings. The Balaban J connectivity index is 2.24. The minimum atomic E-state index is 0.461. The molecule has 0 aliphatic heterocycles. The van der Waals surface area contributed by atoms with Crippen LogP contribution >= 0.6 is 22.9 Å². The first-order chi connectivity index (χ1) is 8.22. The fourth-order valence-corrected chi connectivity index (χ4v) is 2.76. The molecule has 2 nitrogen and oxygen atoms in total. The summed E-state index contributed by atoms with van der Waals surface area (Å²) in [5.41, 5.74) is 9.17. The molecule has 2 aromatic rings. The Morgan fingerprint density at radius 3 is 2.82 bits per heavy atom. The summed E-state index contributed by atoms with van der Waals surface area (Å²) in [6, 6.07) is 8.03. The van der Waals surface area contributed by atoms with Crippen LogP contribution in [-0.2, 0) is 13.1 Å². The lowest BCUT2D eigenvalue weighted by atomic mass is 10.1. The van der Waals surface area contributed by atoms with Crippen molar-refractivity contribution in [1.82, 2.24) is 0 Å². The smallest absolute Gasteiger partial charge is 0.0471 e. The van der Waals surface area contributed by atoms with Crippen LogP contribution in [0.1, 0.15) is 11.1 Å².